The Balaban J connectivity index is 1.27. The van der Waals surface area contributed by atoms with Gasteiger partial charge in [0.05, 0.1) is 53.9 Å². The molecule has 2 aliphatic heterocycles. The number of aromatic nitrogens is 2. The number of halogens is 1. The molecule has 2 aliphatic rings. The summed E-state index contributed by atoms with van der Waals surface area (Å²) in [6.07, 6.45) is 0.254. The molecule has 0 radical (unpaired) electrons. The molecule has 4 heterocycles. The van der Waals surface area contributed by atoms with Gasteiger partial charge in [0, 0.05) is 22.6 Å². The van der Waals surface area contributed by atoms with Crippen LogP contribution >= 0.6 is 0 Å². The molecule has 6 rings (SSSR count). The number of nitrogens with one attached hydrogen (secondary N) is 2. The fourth-order valence-corrected chi connectivity index (χ4v) is 5.91. The molecular weight excluding hydrogens is 585 g/mol. The second-order valence-electron chi connectivity index (χ2n) is 11.1. The van der Waals surface area contributed by atoms with Crippen LogP contribution in [-0.2, 0) is 50.9 Å². The summed E-state index contributed by atoms with van der Waals surface area (Å²) in [4.78, 5) is 55.6. The number of hydrogen-bond donors (Lipinski definition) is 5. The Hall–Kier alpha value is -4.98. The second-order valence-corrected chi connectivity index (χ2v) is 11.1. The number of amides is 2. The predicted octanol–water partition coefficient (Wildman–Crippen LogP) is 1.34. The van der Waals surface area contributed by atoms with Crippen LogP contribution in [0.5, 0.6) is 0 Å². The molecule has 232 valence electrons. The number of hydrogen-bond acceptors (Lipinski definition) is 9. The Labute approximate surface area is 255 Å². The van der Waals surface area contributed by atoms with Crippen LogP contribution in [0.2, 0.25) is 0 Å². The van der Waals surface area contributed by atoms with Crippen molar-refractivity contribution in [3.63, 3.8) is 0 Å². The van der Waals surface area contributed by atoms with Crippen molar-refractivity contribution in [1.82, 2.24) is 14.9 Å². The zero-order valence-electron chi connectivity index (χ0n) is 24.2. The van der Waals surface area contributed by atoms with E-state index in [-0.39, 0.29) is 48.3 Å². The van der Waals surface area contributed by atoms with E-state index in [0.717, 1.165) is 11.6 Å². The van der Waals surface area contributed by atoms with E-state index in [0.29, 0.717) is 27.9 Å². The van der Waals surface area contributed by atoms with Gasteiger partial charge in [0.1, 0.15) is 12.4 Å². The number of carbonyl (C=O) groups is 3. The Morgan fingerprint density at radius 2 is 1.93 bits per heavy atom. The lowest BCUT2D eigenvalue weighted by Gasteiger charge is -2.31. The molecule has 2 amide bonds. The molecule has 0 saturated carbocycles. The number of fused-ring (bicyclic) bond motifs is 5. The van der Waals surface area contributed by atoms with Gasteiger partial charge >= 0.3 is 5.97 Å². The number of nitrogens with two attached hydrogens (primary N) is 1. The second kappa shape index (κ2) is 11.5. The Morgan fingerprint density at radius 3 is 2.64 bits per heavy atom. The number of cyclic esters (lactones) is 1. The van der Waals surface area contributed by atoms with Crippen molar-refractivity contribution in [2.45, 2.75) is 51.2 Å². The highest BCUT2D eigenvalue weighted by molar-refractivity contribution is 5.98. The summed E-state index contributed by atoms with van der Waals surface area (Å²) < 4.78 is 21.8. The first-order chi connectivity index (χ1) is 21.5. The molecule has 0 saturated heterocycles. The molecule has 6 N–H and O–H groups in total. The van der Waals surface area contributed by atoms with E-state index in [4.69, 9.17) is 10.5 Å². The van der Waals surface area contributed by atoms with Crippen LogP contribution in [0.15, 0.2) is 53.3 Å². The summed E-state index contributed by atoms with van der Waals surface area (Å²) in [5.41, 5.74) is 6.06. The largest absolute Gasteiger partial charge is 0.458 e. The van der Waals surface area contributed by atoms with Crippen LogP contribution in [-0.4, -0.2) is 50.1 Å². The molecule has 0 aliphatic carbocycles. The normalized spacial score (nSPS) is 17.2. The average molecular weight is 616 g/mol. The number of esters is 1. The summed E-state index contributed by atoms with van der Waals surface area (Å²) >= 11 is 0. The molecule has 4 aromatic rings. The van der Waals surface area contributed by atoms with Crippen molar-refractivity contribution in [1.29, 1.82) is 0 Å². The van der Waals surface area contributed by atoms with Crippen LogP contribution in [0.1, 0.15) is 41.2 Å². The van der Waals surface area contributed by atoms with Gasteiger partial charge in [-0.15, -0.1) is 0 Å². The molecule has 0 spiro atoms. The number of aliphatic hydroxyl groups excluding tert-OH is 1. The quantitative estimate of drug-likeness (QED) is 0.161. The third-order valence-corrected chi connectivity index (χ3v) is 8.39. The Bertz CT molecular complexity index is 1940. The minimum Gasteiger partial charge on any atom is -0.458 e. The number of ether oxygens (including phenoxy) is 1. The predicted molar refractivity (Wildman–Crippen MR) is 160 cm³/mol. The third kappa shape index (κ3) is 5.14. The van der Waals surface area contributed by atoms with Gasteiger partial charge in [-0.05, 0) is 36.1 Å². The summed E-state index contributed by atoms with van der Waals surface area (Å²) in [6, 6.07) is 12.2. The third-order valence-electron chi connectivity index (χ3n) is 8.39. The van der Waals surface area contributed by atoms with E-state index < -0.39 is 54.0 Å². The topological polar surface area (TPSA) is 186 Å². The van der Waals surface area contributed by atoms with E-state index in [9.17, 15) is 29.4 Å². The van der Waals surface area contributed by atoms with Crippen LogP contribution < -0.4 is 21.9 Å². The van der Waals surface area contributed by atoms with E-state index >= 15 is 4.39 Å². The summed E-state index contributed by atoms with van der Waals surface area (Å²) in [6.45, 7) is 0.398. The highest BCUT2D eigenvalue weighted by atomic mass is 19.1. The smallest absolute Gasteiger partial charge is 0.343 e. The maximum absolute atomic E-state index is 15.2. The number of carbonyl (C=O) groups excluding carboxylic acids is 3. The SMILES string of the molecule is CC[C@@]1(O)C(=O)OCc2c1cc1n(c2=O)Cc2c-1nc1cc(F)c(NC(=O)CNC(=O)[C@@H](N)Cc3ccccc3)cc1c2CO. The molecule has 2 aromatic carbocycles. The highest BCUT2D eigenvalue weighted by Crippen LogP contribution is 2.40. The fourth-order valence-electron chi connectivity index (χ4n) is 5.91. The number of anilines is 1. The van der Waals surface area contributed by atoms with Crippen molar-refractivity contribution in [2.75, 3.05) is 11.9 Å². The fraction of sp³-hybridized carbons (Fsp3) is 0.281. The lowest BCUT2D eigenvalue weighted by Crippen LogP contribution is -2.44. The number of rotatable bonds is 8. The summed E-state index contributed by atoms with van der Waals surface area (Å²) in [7, 11) is 0. The Morgan fingerprint density at radius 1 is 1.18 bits per heavy atom. The summed E-state index contributed by atoms with van der Waals surface area (Å²) in [5.74, 6) is -2.91. The van der Waals surface area contributed by atoms with Gasteiger partial charge in [-0.2, -0.15) is 0 Å². The zero-order chi connectivity index (χ0) is 32.0. The molecule has 0 unspecified atom stereocenters. The molecular formula is C32H30FN5O7. The van der Waals surface area contributed by atoms with Crippen LogP contribution in [0.4, 0.5) is 10.1 Å². The molecule has 0 bridgehead atoms. The van der Waals surface area contributed by atoms with Crippen molar-refractivity contribution in [3.05, 3.63) is 92.5 Å². The van der Waals surface area contributed by atoms with Gasteiger partial charge in [0.25, 0.3) is 5.56 Å². The first-order valence-corrected chi connectivity index (χ1v) is 14.4. The molecule has 13 heteroatoms. The standard InChI is InChI=1S/C32H30FN5O7/c1-2-32(44)21-10-26-28-18(13-38(26)30(42)20(21)15-45-31(32)43)19(14-39)17-9-25(22(33)11-24(17)37-28)36-27(40)12-35-29(41)23(34)8-16-6-4-3-5-7-16/h3-7,9-11,23,39,44H,2,8,12-15,34H2,1H3,(H,35,41)(H,36,40)/t23-,32-/m0/s1. The lowest BCUT2D eigenvalue weighted by atomic mass is 9.86. The van der Waals surface area contributed by atoms with E-state index in [1.807, 2.05) is 30.3 Å². The van der Waals surface area contributed by atoms with Gasteiger partial charge in [-0.1, -0.05) is 37.3 Å². The van der Waals surface area contributed by atoms with Crippen molar-refractivity contribution >= 4 is 34.4 Å². The van der Waals surface area contributed by atoms with E-state index in [2.05, 4.69) is 15.6 Å². The highest BCUT2D eigenvalue weighted by Gasteiger charge is 2.45. The molecule has 2 aromatic heterocycles. The van der Waals surface area contributed by atoms with Gasteiger partial charge in [0.2, 0.25) is 11.8 Å². The number of nitrogens with zero attached hydrogens (tertiary/aromatic N) is 2. The van der Waals surface area contributed by atoms with Gasteiger partial charge in [-0.25, -0.2) is 14.2 Å². The first-order valence-electron chi connectivity index (χ1n) is 14.4. The molecule has 45 heavy (non-hydrogen) atoms. The van der Waals surface area contributed by atoms with Crippen LogP contribution in [0.3, 0.4) is 0 Å². The maximum atomic E-state index is 15.2. The van der Waals surface area contributed by atoms with Crippen LogP contribution in [0, 0.1) is 5.82 Å². The van der Waals surface area contributed by atoms with Crippen molar-refractivity contribution < 1.29 is 33.7 Å². The van der Waals surface area contributed by atoms with Gasteiger partial charge < -0.3 is 35.9 Å². The van der Waals surface area contributed by atoms with Crippen LogP contribution in [0.25, 0.3) is 22.3 Å². The Kier molecular flexibility index (Phi) is 7.69. The minimum absolute atomic E-state index is 0.0223. The molecule has 12 nitrogen and oxygen atoms in total. The summed E-state index contributed by atoms with van der Waals surface area (Å²) in [5, 5.41) is 26.7. The molecule has 0 fully saturated rings. The average Bonchev–Trinajstić information content (AvgIpc) is 3.40. The van der Waals surface area contributed by atoms with Gasteiger partial charge in [-0.3, -0.25) is 14.4 Å². The zero-order valence-corrected chi connectivity index (χ0v) is 24.2. The van der Waals surface area contributed by atoms with Gasteiger partial charge in [0.15, 0.2) is 5.60 Å². The van der Waals surface area contributed by atoms with E-state index in [1.54, 1.807) is 6.92 Å². The number of aliphatic hydroxyl groups is 2. The number of benzene rings is 2. The number of pyridine rings is 2. The van der Waals surface area contributed by atoms with E-state index in [1.165, 1.54) is 16.7 Å². The van der Waals surface area contributed by atoms with Crippen molar-refractivity contribution in [2.24, 2.45) is 5.73 Å². The minimum atomic E-state index is -2.01. The lowest BCUT2D eigenvalue weighted by molar-refractivity contribution is -0.172. The molecule has 2 atom stereocenters. The monoisotopic (exact) mass is 615 g/mol. The van der Waals surface area contributed by atoms with Crippen molar-refractivity contribution in [3.8, 4) is 11.4 Å². The maximum Gasteiger partial charge on any atom is 0.343 e. The first kappa shape index (κ1) is 30.1.